The van der Waals surface area contributed by atoms with Crippen LogP contribution in [0.1, 0.15) is 33.2 Å². The number of benzene rings is 2. The second kappa shape index (κ2) is 7.55. The number of carbonyl (C=O) groups excluding carboxylic acids is 1. The summed E-state index contributed by atoms with van der Waals surface area (Å²) in [5.41, 5.74) is 3.93. The van der Waals surface area contributed by atoms with E-state index in [1.165, 1.54) is 7.11 Å². The van der Waals surface area contributed by atoms with Gasteiger partial charge in [-0.15, -0.1) is 0 Å². The Balaban J connectivity index is 1.92. The van der Waals surface area contributed by atoms with Gasteiger partial charge in [-0.25, -0.2) is 4.57 Å². The van der Waals surface area contributed by atoms with E-state index in [-0.39, 0.29) is 24.0 Å². The number of anilines is 1. The lowest BCUT2D eigenvalue weighted by Crippen LogP contribution is -2.44. The van der Waals surface area contributed by atoms with Crippen LogP contribution in [0.15, 0.2) is 60.7 Å². The summed E-state index contributed by atoms with van der Waals surface area (Å²) in [6.07, 6.45) is 0.226. The van der Waals surface area contributed by atoms with Crippen molar-refractivity contribution >= 4 is 28.3 Å². The fourth-order valence-corrected chi connectivity index (χ4v) is 4.52. The van der Waals surface area contributed by atoms with Crippen LogP contribution >= 0.6 is 0 Å². The number of pyridine rings is 1. The third-order valence-electron chi connectivity index (χ3n) is 5.82. The number of aromatic nitrogens is 2. The molecule has 0 aliphatic carbocycles. The lowest BCUT2D eigenvalue weighted by Gasteiger charge is -2.20. The highest BCUT2D eigenvalue weighted by atomic mass is 16.5. The van der Waals surface area contributed by atoms with Gasteiger partial charge in [0.15, 0.2) is 0 Å². The van der Waals surface area contributed by atoms with Crippen LogP contribution in [0.25, 0.3) is 27.8 Å². The van der Waals surface area contributed by atoms with E-state index in [0.717, 1.165) is 39.4 Å². The van der Waals surface area contributed by atoms with Crippen LogP contribution in [-0.2, 0) is 9.53 Å². The van der Waals surface area contributed by atoms with Gasteiger partial charge in [-0.2, -0.15) is 4.40 Å². The van der Waals surface area contributed by atoms with Crippen LogP contribution in [0.4, 0.5) is 5.82 Å². The van der Waals surface area contributed by atoms with Crippen LogP contribution in [-0.4, -0.2) is 29.6 Å². The van der Waals surface area contributed by atoms with Crippen molar-refractivity contribution in [2.75, 3.05) is 19.0 Å². The Hall–Kier alpha value is -3.54. The third kappa shape index (κ3) is 3.36. The average Bonchev–Trinajstić information content (AvgIpc) is 2.99. The quantitative estimate of drug-likeness (QED) is 0.376. The number of esters is 1. The monoisotopic (exact) mass is 430 g/mol. The van der Waals surface area contributed by atoms with E-state index < -0.39 is 0 Å². The Morgan fingerprint density at radius 1 is 1.12 bits per heavy atom. The first-order valence-electron chi connectivity index (χ1n) is 10.9. The molecule has 0 amide bonds. The maximum absolute atomic E-state index is 12.3. The summed E-state index contributed by atoms with van der Waals surface area (Å²) >= 11 is 0. The molecule has 0 radical (unpaired) electrons. The number of hydrogen-bond donors (Lipinski definition) is 1. The van der Waals surface area contributed by atoms with E-state index in [9.17, 15) is 4.79 Å². The van der Waals surface area contributed by atoms with E-state index in [2.05, 4.69) is 77.5 Å². The third-order valence-corrected chi connectivity index (χ3v) is 5.82. The Bertz CT molecular complexity index is 1330. The largest absolute Gasteiger partial charge is 0.488 e. The first-order chi connectivity index (χ1) is 15.4. The first kappa shape index (κ1) is 20.4. The number of rotatable bonds is 3. The lowest BCUT2D eigenvalue weighted by atomic mass is 10.1. The normalized spacial score (nSPS) is 15.6. The zero-order valence-electron chi connectivity index (χ0n) is 18.9. The fourth-order valence-electron chi connectivity index (χ4n) is 4.52. The zero-order chi connectivity index (χ0) is 22.5. The van der Waals surface area contributed by atoms with E-state index in [1.807, 2.05) is 18.2 Å². The van der Waals surface area contributed by atoms with E-state index in [4.69, 9.17) is 9.47 Å². The molecule has 2 aromatic heterocycles. The van der Waals surface area contributed by atoms with Crippen LogP contribution in [0.3, 0.4) is 0 Å². The molecular weight excluding hydrogens is 402 g/mol. The average molecular weight is 431 g/mol. The van der Waals surface area contributed by atoms with Gasteiger partial charge >= 0.3 is 5.97 Å². The van der Waals surface area contributed by atoms with Gasteiger partial charge in [0.25, 0.3) is 5.65 Å². The summed E-state index contributed by atoms with van der Waals surface area (Å²) in [5.74, 6) is 1.54. The molecule has 164 valence electrons. The molecule has 1 atom stereocenters. The number of methoxy groups -OCH3 is 1. The molecule has 1 N–H and O–H groups in total. The summed E-state index contributed by atoms with van der Waals surface area (Å²) in [6, 6.07) is 20.5. The van der Waals surface area contributed by atoms with E-state index in [1.54, 1.807) is 0 Å². The Morgan fingerprint density at radius 3 is 2.66 bits per heavy atom. The standard InChI is InChI=1S/C26H28N3O3/c1-26(2,3)27-25-24-19-10-6-8-12-21(19)32-16-18(15-23(30)31-4)28(24)22-14-13-17-9-5-7-11-20(17)29(22)25/h5-14,18,27H,15-16H2,1-4H3/q+1. The summed E-state index contributed by atoms with van der Waals surface area (Å²) in [5, 5.41) is 4.90. The Labute approximate surface area is 187 Å². The molecule has 0 saturated carbocycles. The molecule has 0 spiro atoms. The van der Waals surface area contributed by atoms with Crippen LogP contribution in [0.5, 0.6) is 5.75 Å². The molecular formula is C26H28N3O3+. The number of carbonyl (C=O) groups is 1. The maximum atomic E-state index is 12.3. The number of nitrogens with zero attached hydrogens (tertiary/aromatic N) is 2. The van der Waals surface area contributed by atoms with Crippen molar-refractivity contribution in [1.82, 2.24) is 4.40 Å². The Kier molecular flexibility index (Phi) is 4.81. The highest BCUT2D eigenvalue weighted by Crippen LogP contribution is 2.40. The predicted molar refractivity (Wildman–Crippen MR) is 125 cm³/mol. The van der Waals surface area contributed by atoms with Gasteiger partial charge in [0.1, 0.15) is 23.9 Å². The SMILES string of the molecule is COC(=O)CC1COc2ccccc2-c2c(NC(C)(C)C)n3c4ccccc4ccc3[n+]21. The van der Waals surface area contributed by atoms with Crippen molar-refractivity contribution in [3.05, 3.63) is 60.7 Å². The molecule has 2 aromatic carbocycles. The molecule has 3 heterocycles. The Morgan fingerprint density at radius 2 is 1.88 bits per heavy atom. The van der Waals surface area contributed by atoms with Crippen molar-refractivity contribution in [3.8, 4) is 17.0 Å². The van der Waals surface area contributed by atoms with Crippen molar-refractivity contribution < 1.29 is 18.8 Å². The molecule has 1 aliphatic heterocycles. The molecule has 0 bridgehead atoms. The minimum atomic E-state index is -0.256. The number of hydrogen-bond acceptors (Lipinski definition) is 4. The smallest absolute Gasteiger partial charge is 0.309 e. The highest BCUT2D eigenvalue weighted by molar-refractivity contribution is 5.87. The summed E-state index contributed by atoms with van der Waals surface area (Å²) in [6.45, 7) is 6.84. The molecule has 6 heteroatoms. The number of ether oxygens (including phenoxy) is 2. The number of nitrogens with one attached hydrogen (secondary N) is 1. The minimum Gasteiger partial charge on any atom is -0.488 e. The fraction of sp³-hybridized carbons (Fsp3) is 0.308. The van der Waals surface area contributed by atoms with Gasteiger partial charge in [-0.05, 0) is 45.0 Å². The van der Waals surface area contributed by atoms with Crippen LogP contribution in [0, 0.1) is 0 Å². The molecule has 4 aromatic rings. The van der Waals surface area contributed by atoms with Gasteiger partial charge < -0.3 is 14.8 Å². The molecule has 1 aliphatic rings. The van der Waals surface area contributed by atoms with Crippen molar-refractivity contribution in [2.24, 2.45) is 0 Å². The topological polar surface area (TPSA) is 55.9 Å². The number of imidazole rings is 1. The lowest BCUT2D eigenvalue weighted by molar-refractivity contribution is -0.686. The maximum Gasteiger partial charge on any atom is 0.309 e. The molecule has 5 rings (SSSR count). The number of para-hydroxylation sites is 2. The molecule has 0 fully saturated rings. The van der Waals surface area contributed by atoms with Crippen molar-refractivity contribution in [1.29, 1.82) is 0 Å². The van der Waals surface area contributed by atoms with Gasteiger partial charge in [0, 0.05) is 17.0 Å². The highest BCUT2D eigenvalue weighted by Gasteiger charge is 2.39. The summed E-state index contributed by atoms with van der Waals surface area (Å²) in [7, 11) is 1.43. The van der Waals surface area contributed by atoms with Crippen molar-refractivity contribution in [2.45, 2.75) is 38.8 Å². The van der Waals surface area contributed by atoms with Crippen LogP contribution < -0.4 is 14.6 Å². The van der Waals surface area contributed by atoms with Crippen molar-refractivity contribution in [3.63, 3.8) is 0 Å². The molecule has 1 unspecified atom stereocenters. The van der Waals surface area contributed by atoms with Gasteiger partial charge in [-0.1, -0.05) is 30.3 Å². The van der Waals surface area contributed by atoms with Gasteiger partial charge in [0.2, 0.25) is 11.5 Å². The molecule has 6 nitrogen and oxygen atoms in total. The van der Waals surface area contributed by atoms with Crippen LogP contribution in [0.2, 0.25) is 0 Å². The predicted octanol–water partition coefficient (Wildman–Crippen LogP) is 4.75. The van der Waals surface area contributed by atoms with E-state index >= 15 is 0 Å². The van der Waals surface area contributed by atoms with Gasteiger partial charge in [-0.3, -0.25) is 4.79 Å². The zero-order valence-corrected chi connectivity index (χ0v) is 18.9. The number of fused-ring (bicyclic) bond motifs is 7. The second-order valence-electron chi connectivity index (χ2n) is 9.27. The van der Waals surface area contributed by atoms with Gasteiger partial charge in [0.05, 0.1) is 19.1 Å². The molecule has 32 heavy (non-hydrogen) atoms. The summed E-state index contributed by atoms with van der Waals surface area (Å²) < 4.78 is 15.7. The second-order valence-corrected chi connectivity index (χ2v) is 9.27. The summed E-state index contributed by atoms with van der Waals surface area (Å²) in [4.78, 5) is 12.3. The van der Waals surface area contributed by atoms with E-state index in [0.29, 0.717) is 6.61 Å². The first-order valence-corrected chi connectivity index (χ1v) is 10.9. The molecule has 0 saturated heterocycles. The minimum absolute atomic E-state index is 0.181.